The van der Waals surface area contributed by atoms with Crippen molar-refractivity contribution >= 4 is 18.3 Å². The number of amides is 1. The summed E-state index contributed by atoms with van der Waals surface area (Å²) in [5.41, 5.74) is 3.04. The Labute approximate surface area is 121 Å². The van der Waals surface area contributed by atoms with Crippen molar-refractivity contribution in [3.8, 4) is 0 Å². The number of carbonyl (C=O) groups is 1. The second-order valence-corrected chi connectivity index (χ2v) is 5.09. The van der Waals surface area contributed by atoms with E-state index in [0.717, 1.165) is 30.6 Å². The minimum Gasteiger partial charge on any atom is -0.352 e. The molecule has 106 valence electrons. The van der Waals surface area contributed by atoms with Gasteiger partial charge in [0, 0.05) is 18.2 Å². The molecule has 0 unspecified atom stereocenters. The van der Waals surface area contributed by atoms with E-state index in [0.29, 0.717) is 6.04 Å². The normalized spacial score (nSPS) is 17.9. The summed E-state index contributed by atoms with van der Waals surface area (Å²) in [5, 5.41) is 6.45. The second-order valence-electron chi connectivity index (χ2n) is 5.09. The Kier molecular flexibility index (Phi) is 6.32. The number of benzene rings is 1. The van der Waals surface area contributed by atoms with Crippen molar-refractivity contribution in [1.82, 2.24) is 10.6 Å². The smallest absolute Gasteiger partial charge is 0.251 e. The number of rotatable bonds is 4. The highest BCUT2D eigenvalue weighted by molar-refractivity contribution is 5.95. The number of halogens is 1. The van der Waals surface area contributed by atoms with Crippen LogP contribution in [0.25, 0.3) is 0 Å². The van der Waals surface area contributed by atoms with Gasteiger partial charge in [0.1, 0.15) is 0 Å². The Morgan fingerprint density at radius 2 is 2.21 bits per heavy atom. The van der Waals surface area contributed by atoms with Crippen LogP contribution < -0.4 is 10.6 Å². The van der Waals surface area contributed by atoms with Crippen LogP contribution in [0.3, 0.4) is 0 Å². The fourth-order valence-corrected chi connectivity index (χ4v) is 2.46. The summed E-state index contributed by atoms with van der Waals surface area (Å²) in [4.78, 5) is 12.1. The molecule has 4 heteroatoms. The summed E-state index contributed by atoms with van der Waals surface area (Å²) < 4.78 is 0. The molecule has 19 heavy (non-hydrogen) atoms. The van der Waals surface area contributed by atoms with Crippen LogP contribution in [0.5, 0.6) is 0 Å². The van der Waals surface area contributed by atoms with E-state index in [1.54, 1.807) is 0 Å². The third-order valence-electron chi connectivity index (χ3n) is 3.79. The van der Waals surface area contributed by atoms with Crippen molar-refractivity contribution in [2.75, 3.05) is 13.1 Å². The molecule has 1 aromatic rings. The van der Waals surface area contributed by atoms with E-state index >= 15 is 0 Å². The Morgan fingerprint density at radius 1 is 1.42 bits per heavy atom. The second kappa shape index (κ2) is 7.51. The highest BCUT2D eigenvalue weighted by atomic mass is 35.5. The summed E-state index contributed by atoms with van der Waals surface area (Å²) in [6.45, 7) is 5.91. The van der Waals surface area contributed by atoms with Crippen molar-refractivity contribution < 1.29 is 4.79 Å². The maximum Gasteiger partial charge on any atom is 0.251 e. The molecule has 1 saturated heterocycles. The summed E-state index contributed by atoms with van der Waals surface area (Å²) in [7, 11) is 0. The Morgan fingerprint density at radius 3 is 2.89 bits per heavy atom. The van der Waals surface area contributed by atoms with E-state index in [1.807, 2.05) is 32.0 Å². The molecule has 0 saturated carbocycles. The molecule has 1 heterocycles. The zero-order chi connectivity index (χ0) is 13.0. The lowest BCUT2D eigenvalue weighted by Crippen LogP contribution is -2.31. The van der Waals surface area contributed by atoms with Crippen molar-refractivity contribution in [2.24, 2.45) is 0 Å². The molecule has 1 aliphatic heterocycles. The molecule has 1 aliphatic rings. The van der Waals surface area contributed by atoms with Gasteiger partial charge in [-0.25, -0.2) is 0 Å². The predicted molar refractivity (Wildman–Crippen MR) is 81.1 cm³/mol. The van der Waals surface area contributed by atoms with Crippen LogP contribution in [0, 0.1) is 13.8 Å². The van der Waals surface area contributed by atoms with Gasteiger partial charge in [-0.15, -0.1) is 12.4 Å². The molecular formula is C15H23ClN2O. The van der Waals surface area contributed by atoms with Crippen LogP contribution in [0.2, 0.25) is 0 Å². The quantitative estimate of drug-likeness (QED) is 0.891. The molecule has 1 aromatic carbocycles. The molecule has 0 radical (unpaired) electrons. The van der Waals surface area contributed by atoms with Gasteiger partial charge >= 0.3 is 0 Å². The SMILES string of the molecule is Cc1cccc(C(=O)NCC[C@H]2CCCN2)c1C.Cl. The lowest BCUT2D eigenvalue weighted by Gasteiger charge is -2.12. The third-order valence-corrected chi connectivity index (χ3v) is 3.79. The van der Waals surface area contributed by atoms with Crippen molar-refractivity contribution in [1.29, 1.82) is 0 Å². The van der Waals surface area contributed by atoms with Gasteiger partial charge in [0.15, 0.2) is 0 Å². The molecule has 1 amide bonds. The zero-order valence-electron chi connectivity index (χ0n) is 11.7. The number of nitrogens with one attached hydrogen (secondary N) is 2. The van der Waals surface area contributed by atoms with Crippen molar-refractivity contribution in [3.05, 3.63) is 34.9 Å². The lowest BCUT2D eigenvalue weighted by molar-refractivity contribution is 0.0951. The van der Waals surface area contributed by atoms with Gasteiger partial charge in [-0.1, -0.05) is 12.1 Å². The zero-order valence-corrected chi connectivity index (χ0v) is 12.5. The van der Waals surface area contributed by atoms with E-state index in [2.05, 4.69) is 10.6 Å². The largest absolute Gasteiger partial charge is 0.352 e. The van der Waals surface area contributed by atoms with Gasteiger partial charge in [0.2, 0.25) is 0 Å². The monoisotopic (exact) mass is 282 g/mol. The Hall–Kier alpha value is -1.06. The Balaban J connectivity index is 0.00000180. The predicted octanol–water partition coefficient (Wildman–Crippen LogP) is 2.60. The van der Waals surface area contributed by atoms with Crippen LogP contribution in [0.15, 0.2) is 18.2 Å². The number of hydrogen-bond acceptors (Lipinski definition) is 2. The van der Waals surface area contributed by atoms with Gasteiger partial charge in [0.05, 0.1) is 0 Å². The summed E-state index contributed by atoms with van der Waals surface area (Å²) >= 11 is 0. The first kappa shape index (κ1) is 16.0. The van der Waals surface area contributed by atoms with Gasteiger partial charge in [-0.2, -0.15) is 0 Å². The van der Waals surface area contributed by atoms with E-state index < -0.39 is 0 Å². The summed E-state index contributed by atoms with van der Waals surface area (Å²) in [5.74, 6) is 0.0502. The van der Waals surface area contributed by atoms with Crippen LogP contribution in [-0.4, -0.2) is 25.0 Å². The van der Waals surface area contributed by atoms with Crippen LogP contribution in [0.1, 0.15) is 40.7 Å². The Bertz CT molecular complexity index is 428. The van der Waals surface area contributed by atoms with Gasteiger partial charge in [-0.3, -0.25) is 4.79 Å². The number of hydrogen-bond donors (Lipinski definition) is 2. The first-order valence-electron chi connectivity index (χ1n) is 6.76. The summed E-state index contributed by atoms with van der Waals surface area (Å²) in [6.07, 6.45) is 3.52. The minimum absolute atomic E-state index is 0. The average Bonchev–Trinajstić information content (AvgIpc) is 2.85. The highest BCUT2D eigenvalue weighted by Crippen LogP contribution is 2.12. The average molecular weight is 283 g/mol. The fraction of sp³-hybridized carbons (Fsp3) is 0.533. The van der Waals surface area contributed by atoms with Crippen LogP contribution in [0.4, 0.5) is 0 Å². The summed E-state index contributed by atoms with van der Waals surface area (Å²) in [6, 6.07) is 6.46. The molecule has 0 spiro atoms. The van der Waals surface area contributed by atoms with E-state index in [1.165, 1.54) is 18.4 Å². The molecule has 0 aliphatic carbocycles. The van der Waals surface area contributed by atoms with Crippen LogP contribution >= 0.6 is 12.4 Å². The molecule has 1 atom stereocenters. The van der Waals surface area contributed by atoms with Crippen LogP contribution in [-0.2, 0) is 0 Å². The topological polar surface area (TPSA) is 41.1 Å². The fourth-order valence-electron chi connectivity index (χ4n) is 2.46. The van der Waals surface area contributed by atoms with Gasteiger partial charge < -0.3 is 10.6 Å². The van der Waals surface area contributed by atoms with E-state index in [4.69, 9.17) is 0 Å². The lowest BCUT2D eigenvalue weighted by atomic mass is 10.0. The first-order chi connectivity index (χ1) is 8.68. The van der Waals surface area contributed by atoms with E-state index in [9.17, 15) is 4.79 Å². The molecule has 2 N–H and O–H groups in total. The van der Waals surface area contributed by atoms with Crippen molar-refractivity contribution in [3.63, 3.8) is 0 Å². The number of carbonyl (C=O) groups excluding carboxylic acids is 1. The first-order valence-corrected chi connectivity index (χ1v) is 6.76. The van der Waals surface area contributed by atoms with Gasteiger partial charge in [-0.05, 0) is 56.8 Å². The van der Waals surface area contributed by atoms with Crippen molar-refractivity contribution in [2.45, 2.75) is 39.2 Å². The highest BCUT2D eigenvalue weighted by Gasteiger charge is 2.14. The number of aryl methyl sites for hydroxylation is 1. The molecular weight excluding hydrogens is 260 g/mol. The molecule has 1 fully saturated rings. The van der Waals surface area contributed by atoms with E-state index in [-0.39, 0.29) is 18.3 Å². The molecule has 2 rings (SSSR count). The minimum atomic E-state index is 0. The maximum atomic E-state index is 12.1. The molecule has 3 nitrogen and oxygen atoms in total. The molecule has 0 bridgehead atoms. The standard InChI is InChI=1S/C15H22N2O.ClH/c1-11-5-3-7-14(12(11)2)15(18)17-10-8-13-6-4-9-16-13;/h3,5,7,13,16H,4,6,8-10H2,1-2H3,(H,17,18);1H/t13-;/m1./s1. The third kappa shape index (κ3) is 4.22. The molecule has 0 aromatic heterocycles. The maximum absolute atomic E-state index is 12.1. The van der Waals surface area contributed by atoms with Gasteiger partial charge in [0.25, 0.3) is 5.91 Å².